The van der Waals surface area contributed by atoms with E-state index in [1.807, 2.05) is 48.5 Å². The lowest BCUT2D eigenvalue weighted by Crippen LogP contribution is -2.35. The van der Waals surface area contributed by atoms with E-state index in [1.54, 1.807) is 0 Å². The van der Waals surface area contributed by atoms with Crippen molar-refractivity contribution in [2.45, 2.75) is 25.8 Å². The van der Waals surface area contributed by atoms with Crippen molar-refractivity contribution in [2.75, 3.05) is 13.2 Å². The van der Waals surface area contributed by atoms with Crippen molar-refractivity contribution in [1.29, 1.82) is 0 Å². The number of fused-ring (bicyclic) bond motifs is 1. The van der Waals surface area contributed by atoms with Gasteiger partial charge in [0.2, 0.25) is 0 Å². The molecule has 0 bridgehead atoms. The molecule has 2 aromatic carbocycles. The summed E-state index contributed by atoms with van der Waals surface area (Å²) in [7, 11) is 0. The Hall–Kier alpha value is -2.49. The van der Waals surface area contributed by atoms with Gasteiger partial charge in [0.15, 0.2) is 6.61 Å². The van der Waals surface area contributed by atoms with Gasteiger partial charge in [-0.25, -0.2) is 0 Å². The van der Waals surface area contributed by atoms with Crippen molar-refractivity contribution < 1.29 is 14.3 Å². The van der Waals surface area contributed by atoms with E-state index in [1.165, 1.54) is 5.56 Å². The minimum absolute atomic E-state index is 0.0157. The first-order chi connectivity index (χ1) is 11.3. The molecule has 1 atom stereocenters. The zero-order valence-corrected chi connectivity index (χ0v) is 13.2. The molecule has 2 aromatic rings. The van der Waals surface area contributed by atoms with Crippen molar-refractivity contribution in [3.05, 3.63) is 59.7 Å². The third-order valence-electron chi connectivity index (χ3n) is 3.97. The summed E-state index contributed by atoms with van der Waals surface area (Å²) >= 11 is 0. The number of ether oxygens (including phenoxy) is 2. The fourth-order valence-electron chi connectivity index (χ4n) is 2.73. The molecule has 0 spiro atoms. The first-order valence-corrected chi connectivity index (χ1v) is 7.99. The van der Waals surface area contributed by atoms with Crippen molar-refractivity contribution in [3.8, 4) is 11.5 Å². The molecule has 1 amide bonds. The highest BCUT2D eigenvalue weighted by atomic mass is 16.5. The number of carbonyl (C=O) groups is 1. The van der Waals surface area contributed by atoms with Crippen LogP contribution >= 0.6 is 0 Å². The van der Waals surface area contributed by atoms with Gasteiger partial charge in [0, 0.05) is 12.0 Å². The van der Waals surface area contributed by atoms with Crippen LogP contribution in [0.5, 0.6) is 11.5 Å². The molecule has 0 unspecified atom stereocenters. The third-order valence-corrected chi connectivity index (χ3v) is 3.97. The lowest BCUT2D eigenvalue weighted by Gasteiger charge is -2.26. The molecule has 1 N–H and O–H groups in total. The predicted molar refractivity (Wildman–Crippen MR) is 88.8 cm³/mol. The molecule has 1 aliphatic heterocycles. The summed E-state index contributed by atoms with van der Waals surface area (Å²) in [6.07, 6.45) is 1.72. The fraction of sp³-hybridized carbons (Fsp3) is 0.316. The topological polar surface area (TPSA) is 47.6 Å². The first-order valence-electron chi connectivity index (χ1n) is 7.99. The highest BCUT2D eigenvalue weighted by molar-refractivity contribution is 5.78. The molecule has 3 rings (SSSR count). The molecule has 120 valence electrons. The monoisotopic (exact) mass is 311 g/mol. The van der Waals surface area contributed by atoms with E-state index in [0.29, 0.717) is 6.61 Å². The smallest absolute Gasteiger partial charge is 0.258 e. The van der Waals surface area contributed by atoms with Crippen molar-refractivity contribution in [2.24, 2.45) is 0 Å². The van der Waals surface area contributed by atoms with Crippen LogP contribution in [-0.2, 0) is 11.2 Å². The van der Waals surface area contributed by atoms with Crippen LogP contribution in [0.4, 0.5) is 0 Å². The number of aryl methyl sites for hydroxylation is 1. The van der Waals surface area contributed by atoms with E-state index in [9.17, 15) is 4.79 Å². The normalized spacial score (nSPS) is 16.1. The molecule has 0 saturated carbocycles. The van der Waals surface area contributed by atoms with Crippen LogP contribution in [0.25, 0.3) is 0 Å². The van der Waals surface area contributed by atoms with Crippen molar-refractivity contribution in [1.82, 2.24) is 5.32 Å². The SMILES string of the molecule is CCc1cccc(OCC(=O)N[C@@H]2CCOc3ccccc32)c1. The number of amides is 1. The standard InChI is InChI=1S/C19H21NO3/c1-2-14-6-5-7-15(12-14)23-13-19(21)20-17-10-11-22-18-9-4-3-8-16(17)18/h3-9,12,17H,2,10-11,13H2,1H3,(H,20,21)/t17-/m1/s1. The van der Waals surface area contributed by atoms with E-state index in [4.69, 9.17) is 9.47 Å². The maximum atomic E-state index is 12.2. The summed E-state index contributed by atoms with van der Waals surface area (Å²) in [5, 5.41) is 3.03. The Labute approximate surface area is 136 Å². The maximum Gasteiger partial charge on any atom is 0.258 e. The number of carbonyl (C=O) groups excluding carboxylic acids is 1. The molecule has 23 heavy (non-hydrogen) atoms. The molecule has 0 saturated heterocycles. The second kappa shape index (κ2) is 7.18. The Morgan fingerprint density at radius 3 is 3.00 bits per heavy atom. The molecule has 0 fully saturated rings. The lowest BCUT2D eigenvalue weighted by atomic mass is 10.0. The van der Waals surface area contributed by atoms with Gasteiger partial charge in [0.1, 0.15) is 11.5 Å². The van der Waals surface area contributed by atoms with Crippen LogP contribution in [0.15, 0.2) is 48.5 Å². The quantitative estimate of drug-likeness (QED) is 0.922. The molecule has 0 aliphatic carbocycles. The predicted octanol–water partition coefficient (Wildman–Crippen LogP) is 3.27. The van der Waals surface area contributed by atoms with Crippen LogP contribution in [0.1, 0.15) is 30.5 Å². The molecule has 0 radical (unpaired) electrons. The molecule has 4 heteroatoms. The van der Waals surface area contributed by atoms with Gasteiger partial charge in [-0.1, -0.05) is 37.3 Å². The fourth-order valence-corrected chi connectivity index (χ4v) is 2.73. The minimum Gasteiger partial charge on any atom is -0.493 e. The Kier molecular flexibility index (Phi) is 4.81. The highest BCUT2D eigenvalue weighted by Gasteiger charge is 2.22. The van der Waals surface area contributed by atoms with Gasteiger partial charge in [-0.05, 0) is 30.2 Å². The molecule has 1 heterocycles. The van der Waals surface area contributed by atoms with Gasteiger partial charge >= 0.3 is 0 Å². The van der Waals surface area contributed by atoms with Crippen LogP contribution in [0.3, 0.4) is 0 Å². The summed E-state index contributed by atoms with van der Waals surface area (Å²) in [6, 6.07) is 15.6. The van der Waals surface area contributed by atoms with Crippen molar-refractivity contribution in [3.63, 3.8) is 0 Å². The zero-order valence-electron chi connectivity index (χ0n) is 13.2. The third kappa shape index (κ3) is 3.83. The summed E-state index contributed by atoms with van der Waals surface area (Å²) < 4.78 is 11.2. The van der Waals surface area contributed by atoms with Gasteiger partial charge in [0.05, 0.1) is 12.6 Å². The van der Waals surface area contributed by atoms with Gasteiger partial charge < -0.3 is 14.8 Å². The van der Waals surface area contributed by atoms with Gasteiger partial charge in [0.25, 0.3) is 5.91 Å². The Bertz CT molecular complexity index is 684. The molecule has 1 aliphatic rings. The number of benzene rings is 2. The zero-order chi connectivity index (χ0) is 16.1. The number of nitrogens with one attached hydrogen (secondary N) is 1. The number of para-hydroxylation sites is 1. The Morgan fingerprint density at radius 1 is 1.26 bits per heavy atom. The second-order valence-electron chi connectivity index (χ2n) is 5.58. The summed E-state index contributed by atoms with van der Waals surface area (Å²) in [4.78, 5) is 12.2. The Balaban J connectivity index is 1.58. The minimum atomic E-state index is -0.117. The van der Waals surface area contributed by atoms with Crippen LogP contribution in [0, 0.1) is 0 Å². The van der Waals surface area contributed by atoms with Crippen LogP contribution in [-0.4, -0.2) is 19.1 Å². The van der Waals surface area contributed by atoms with E-state index in [2.05, 4.69) is 12.2 Å². The second-order valence-corrected chi connectivity index (χ2v) is 5.58. The van der Waals surface area contributed by atoms with Crippen LogP contribution in [0.2, 0.25) is 0 Å². The summed E-state index contributed by atoms with van der Waals surface area (Å²) in [6.45, 7) is 2.72. The number of hydrogen-bond donors (Lipinski definition) is 1. The van der Waals surface area contributed by atoms with E-state index < -0.39 is 0 Å². The van der Waals surface area contributed by atoms with Gasteiger partial charge in [-0.3, -0.25) is 4.79 Å². The maximum absolute atomic E-state index is 12.2. The number of hydrogen-bond acceptors (Lipinski definition) is 3. The average Bonchev–Trinajstić information content (AvgIpc) is 2.60. The van der Waals surface area contributed by atoms with Gasteiger partial charge in [-0.2, -0.15) is 0 Å². The molecule has 0 aromatic heterocycles. The van der Waals surface area contributed by atoms with Crippen LogP contribution < -0.4 is 14.8 Å². The largest absolute Gasteiger partial charge is 0.493 e. The average molecular weight is 311 g/mol. The highest BCUT2D eigenvalue weighted by Crippen LogP contribution is 2.31. The molecular formula is C19H21NO3. The van der Waals surface area contributed by atoms with E-state index >= 15 is 0 Å². The van der Waals surface area contributed by atoms with Gasteiger partial charge in [-0.15, -0.1) is 0 Å². The lowest BCUT2D eigenvalue weighted by molar-refractivity contribution is -0.124. The summed E-state index contributed by atoms with van der Waals surface area (Å²) in [5.41, 5.74) is 2.22. The molecule has 4 nitrogen and oxygen atoms in total. The van der Waals surface area contributed by atoms with E-state index in [-0.39, 0.29) is 18.6 Å². The summed E-state index contributed by atoms with van der Waals surface area (Å²) in [5.74, 6) is 1.46. The first kappa shape index (κ1) is 15.4. The van der Waals surface area contributed by atoms with E-state index in [0.717, 1.165) is 29.9 Å². The van der Waals surface area contributed by atoms with Crippen molar-refractivity contribution >= 4 is 5.91 Å². The number of rotatable bonds is 5. The molecular weight excluding hydrogens is 290 g/mol. The Morgan fingerprint density at radius 2 is 2.13 bits per heavy atom.